The molecule has 0 aliphatic carbocycles. The Morgan fingerprint density at radius 2 is 1.82 bits per heavy atom. The lowest BCUT2D eigenvalue weighted by Crippen LogP contribution is -2.32. The fourth-order valence-corrected chi connectivity index (χ4v) is 3.34. The van der Waals surface area contributed by atoms with Crippen molar-refractivity contribution in [3.05, 3.63) is 23.8 Å². The van der Waals surface area contributed by atoms with E-state index in [0.29, 0.717) is 24.4 Å². The number of hydrogen-bond donors (Lipinski definition) is 1. The maximum absolute atomic E-state index is 12.7. The van der Waals surface area contributed by atoms with Gasteiger partial charge in [-0.25, -0.2) is 13.1 Å². The molecule has 1 aliphatic heterocycles. The van der Waals surface area contributed by atoms with E-state index in [0.717, 1.165) is 25.7 Å². The zero-order valence-corrected chi connectivity index (χ0v) is 13.8. The average Bonchev–Trinajstić information content (AvgIpc) is 2.82. The van der Waals surface area contributed by atoms with E-state index in [1.54, 1.807) is 4.90 Å². The van der Waals surface area contributed by atoms with E-state index in [1.807, 2.05) is 0 Å². The number of sulfonamides is 1. The predicted octanol–water partition coefficient (Wildman–Crippen LogP) is 1.62. The van der Waals surface area contributed by atoms with Gasteiger partial charge in [0, 0.05) is 13.1 Å². The summed E-state index contributed by atoms with van der Waals surface area (Å²) in [4.78, 5) is 14.6. The van der Waals surface area contributed by atoms with Gasteiger partial charge in [-0.2, -0.15) is 0 Å². The molecule has 0 radical (unpaired) electrons. The van der Waals surface area contributed by atoms with Crippen LogP contribution in [0.2, 0.25) is 0 Å². The minimum absolute atomic E-state index is 0.0639. The molecule has 1 aromatic rings. The molecule has 1 fully saturated rings. The van der Waals surface area contributed by atoms with E-state index >= 15 is 0 Å². The van der Waals surface area contributed by atoms with Crippen molar-refractivity contribution in [3.63, 3.8) is 0 Å². The Bertz CT molecular complexity index is 635. The van der Waals surface area contributed by atoms with Gasteiger partial charge in [0.1, 0.15) is 5.75 Å². The molecule has 6 nitrogen and oxygen atoms in total. The summed E-state index contributed by atoms with van der Waals surface area (Å²) in [6, 6.07) is 4.34. The lowest BCUT2D eigenvalue weighted by molar-refractivity contribution is 0.0758. The molecule has 1 aromatic carbocycles. The van der Waals surface area contributed by atoms with E-state index in [4.69, 9.17) is 4.74 Å². The highest BCUT2D eigenvalue weighted by atomic mass is 32.2. The van der Waals surface area contributed by atoms with Crippen LogP contribution >= 0.6 is 0 Å². The quantitative estimate of drug-likeness (QED) is 0.912. The lowest BCUT2D eigenvalue weighted by atomic mass is 10.1. The standard InChI is InChI=1S/C15H22N2O4S/c1-16-22(19,20)12-7-8-14(21-2)13(11-12)15(18)17-9-5-3-4-6-10-17/h7-8,11,16H,3-6,9-10H2,1-2H3. The summed E-state index contributed by atoms with van der Waals surface area (Å²) in [7, 11) is -0.777. The molecule has 1 N–H and O–H groups in total. The van der Waals surface area contributed by atoms with E-state index in [9.17, 15) is 13.2 Å². The van der Waals surface area contributed by atoms with Crippen molar-refractivity contribution >= 4 is 15.9 Å². The van der Waals surface area contributed by atoms with Crippen molar-refractivity contribution in [2.24, 2.45) is 0 Å². The van der Waals surface area contributed by atoms with Gasteiger partial charge in [0.2, 0.25) is 10.0 Å². The Labute approximate surface area is 131 Å². The molecule has 0 saturated carbocycles. The van der Waals surface area contributed by atoms with Crippen LogP contribution in [0.4, 0.5) is 0 Å². The summed E-state index contributed by atoms with van der Waals surface area (Å²) in [5.41, 5.74) is 0.292. The van der Waals surface area contributed by atoms with Crippen LogP contribution in [0.25, 0.3) is 0 Å². The van der Waals surface area contributed by atoms with Gasteiger partial charge in [-0.1, -0.05) is 12.8 Å². The Morgan fingerprint density at radius 1 is 1.18 bits per heavy atom. The smallest absolute Gasteiger partial charge is 0.257 e. The summed E-state index contributed by atoms with van der Waals surface area (Å²) in [5, 5.41) is 0. The lowest BCUT2D eigenvalue weighted by Gasteiger charge is -2.21. The Morgan fingerprint density at radius 3 is 2.36 bits per heavy atom. The Kier molecular flexibility index (Phi) is 5.42. The molecular formula is C15H22N2O4S. The van der Waals surface area contributed by atoms with Crippen LogP contribution in [0.1, 0.15) is 36.0 Å². The predicted molar refractivity (Wildman–Crippen MR) is 83.6 cm³/mol. The van der Waals surface area contributed by atoms with Gasteiger partial charge >= 0.3 is 0 Å². The van der Waals surface area contributed by atoms with Gasteiger partial charge in [0.25, 0.3) is 5.91 Å². The van der Waals surface area contributed by atoms with Crippen molar-refractivity contribution in [2.45, 2.75) is 30.6 Å². The number of carbonyl (C=O) groups excluding carboxylic acids is 1. The van der Waals surface area contributed by atoms with Gasteiger partial charge in [0.05, 0.1) is 17.6 Å². The molecule has 1 aliphatic rings. The van der Waals surface area contributed by atoms with E-state index in [2.05, 4.69) is 4.72 Å². The monoisotopic (exact) mass is 326 g/mol. The summed E-state index contributed by atoms with van der Waals surface area (Å²) in [6.45, 7) is 1.40. The fourth-order valence-electron chi connectivity index (χ4n) is 2.58. The molecule has 22 heavy (non-hydrogen) atoms. The number of nitrogens with zero attached hydrogens (tertiary/aromatic N) is 1. The van der Waals surface area contributed by atoms with E-state index < -0.39 is 10.0 Å². The molecule has 0 spiro atoms. The van der Waals surface area contributed by atoms with Crippen molar-refractivity contribution in [1.82, 2.24) is 9.62 Å². The topological polar surface area (TPSA) is 75.7 Å². The van der Waals surface area contributed by atoms with Crippen LogP contribution in [-0.4, -0.2) is 46.5 Å². The second kappa shape index (κ2) is 7.11. The molecule has 0 unspecified atom stereocenters. The number of amides is 1. The van der Waals surface area contributed by atoms with Crippen molar-refractivity contribution in [2.75, 3.05) is 27.2 Å². The number of benzene rings is 1. The maximum Gasteiger partial charge on any atom is 0.257 e. The molecule has 2 rings (SSSR count). The molecule has 0 atom stereocenters. The highest BCUT2D eigenvalue weighted by Gasteiger charge is 2.23. The number of hydrogen-bond acceptors (Lipinski definition) is 4. The first-order chi connectivity index (χ1) is 10.5. The first kappa shape index (κ1) is 16.8. The van der Waals surface area contributed by atoms with Crippen LogP contribution in [0, 0.1) is 0 Å². The van der Waals surface area contributed by atoms with Crippen molar-refractivity contribution in [1.29, 1.82) is 0 Å². The highest BCUT2D eigenvalue weighted by molar-refractivity contribution is 7.89. The first-order valence-corrected chi connectivity index (χ1v) is 8.89. The van der Waals surface area contributed by atoms with Gasteiger partial charge in [-0.15, -0.1) is 0 Å². The van der Waals surface area contributed by atoms with Crippen LogP contribution in [0.5, 0.6) is 5.75 Å². The minimum atomic E-state index is -3.59. The number of methoxy groups -OCH3 is 1. The number of rotatable bonds is 4. The largest absolute Gasteiger partial charge is 0.496 e. The van der Waals surface area contributed by atoms with Crippen molar-refractivity contribution in [3.8, 4) is 5.75 Å². The van der Waals surface area contributed by atoms with Gasteiger partial charge in [0.15, 0.2) is 0 Å². The van der Waals surface area contributed by atoms with Gasteiger partial charge < -0.3 is 9.64 Å². The molecule has 1 heterocycles. The zero-order chi connectivity index (χ0) is 16.2. The summed E-state index contributed by atoms with van der Waals surface area (Å²) in [6.07, 6.45) is 4.19. The molecule has 122 valence electrons. The van der Waals surface area contributed by atoms with E-state index in [-0.39, 0.29) is 10.8 Å². The summed E-state index contributed by atoms with van der Waals surface area (Å²) in [5.74, 6) is 0.219. The number of carbonyl (C=O) groups is 1. The zero-order valence-electron chi connectivity index (χ0n) is 13.0. The Hall–Kier alpha value is -1.60. The average molecular weight is 326 g/mol. The number of likely N-dealkylation sites (tertiary alicyclic amines) is 1. The third-order valence-corrected chi connectivity index (χ3v) is 5.29. The van der Waals surface area contributed by atoms with Crippen LogP contribution in [-0.2, 0) is 10.0 Å². The molecule has 0 aromatic heterocycles. The summed E-state index contributed by atoms with van der Waals surface area (Å²) < 4.78 is 31.3. The van der Waals surface area contributed by atoms with Crippen molar-refractivity contribution < 1.29 is 17.9 Å². The molecular weight excluding hydrogens is 304 g/mol. The van der Waals surface area contributed by atoms with E-state index in [1.165, 1.54) is 32.4 Å². The third kappa shape index (κ3) is 3.59. The van der Waals surface area contributed by atoms with Crippen LogP contribution < -0.4 is 9.46 Å². The minimum Gasteiger partial charge on any atom is -0.496 e. The third-order valence-electron chi connectivity index (χ3n) is 3.87. The normalized spacial score (nSPS) is 16.2. The molecule has 0 bridgehead atoms. The fraction of sp³-hybridized carbons (Fsp3) is 0.533. The number of nitrogens with one attached hydrogen (secondary N) is 1. The molecule has 1 amide bonds. The van der Waals surface area contributed by atoms with Crippen LogP contribution in [0.3, 0.4) is 0 Å². The SMILES string of the molecule is CNS(=O)(=O)c1ccc(OC)c(C(=O)N2CCCCCC2)c1. The second-order valence-electron chi connectivity index (χ2n) is 5.28. The molecule has 7 heteroatoms. The van der Waals surface area contributed by atoms with Gasteiger partial charge in [-0.3, -0.25) is 4.79 Å². The summed E-state index contributed by atoms with van der Waals surface area (Å²) >= 11 is 0. The maximum atomic E-state index is 12.7. The highest BCUT2D eigenvalue weighted by Crippen LogP contribution is 2.25. The van der Waals surface area contributed by atoms with Gasteiger partial charge in [-0.05, 0) is 38.1 Å². The van der Waals surface area contributed by atoms with Crippen LogP contribution in [0.15, 0.2) is 23.1 Å². The number of ether oxygens (including phenoxy) is 1. The Balaban J connectivity index is 2.38. The second-order valence-corrected chi connectivity index (χ2v) is 7.16. The first-order valence-electron chi connectivity index (χ1n) is 7.40. The molecule has 1 saturated heterocycles.